The third-order valence-electron chi connectivity index (χ3n) is 3.43. The number of sulfonamides is 1. The third kappa shape index (κ3) is 2.81. The van der Waals surface area contributed by atoms with Crippen molar-refractivity contribution < 1.29 is 17.9 Å². The van der Waals surface area contributed by atoms with Gasteiger partial charge in [0.2, 0.25) is 10.0 Å². The molecule has 2 heterocycles. The number of benzene rings is 1. The molecule has 0 atom stereocenters. The van der Waals surface area contributed by atoms with Gasteiger partial charge in [-0.15, -0.1) is 0 Å². The lowest BCUT2D eigenvalue weighted by molar-refractivity contribution is 0.0758. The van der Waals surface area contributed by atoms with E-state index in [0.717, 1.165) is 5.56 Å². The maximum atomic E-state index is 12.7. The highest BCUT2D eigenvalue weighted by molar-refractivity contribution is 7.89. The van der Waals surface area contributed by atoms with E-state index in [-0.39, 0.29) is 11.0 Å². The Morgan fingerprint density at radius 2 is 2.14 bits per heavy atom. The van der Waals surface area contributed by atoms with Gasteiger partial charge in [0.05, 0.1) is 20.2 Å². The van der Waals surface area contributed by atoms with E-state index in [1.54, 1.807) is 18.3 Å². The summed E-state index contributed by atoms with van der Waals surface area (Å²) >= 11 is 1.39. The molecule has 0 aliphatic carbocycles. The van der Waals surface area contributed by atoms with Crippen LogP contribution in [-0.4, -0.2) is 44.0 Å². The molecule has 0 saturated carbocycles. The first kappa shape index (κ1) is 15.3. The van der Waals surface area contributed by atoms with Gasteiger partial charge in [0, 0.05) is 11.6 Å². The summed E-state index contributed by atoms with van der Waals surface area (Å²) in [6.07, 6.45) is 1.50. The standard InChI is InChI=1S/C14H16N2O4S2/c1-10-3-4-12(19-2)13(7-10)22(17,18)16-8-11(9-16)20-14-15-5-6-21-14/h3-7,11H,8-9H2,1-2H3. The molecule has 0 radical (unpaired) electrons. The molecule has 118 valence electrons. The smallest absolute Gasteiger partial charge is 0.273 e. The van der Waals surface area contributed by atoms with Gasteiger partial charge in [-0.05, 0) is 24.6 Å². The van der Waals surface area contributed by atoms with Crippen LogP contribution in [0.5, 0.6) is 10.9 Å². The molecule has 1 fully saturated rings. The fourth-order valence-corrected chi connectivity index (χ4v) is 4.50. The monoisotopic (exact) mass is 340 g/mol. The number of thiazole rings is 1. The highest BCUT2D eigenvalue weighted by Gasteiger charge is 2.39. The van der Waals surface area contributed by atoms with Crippen LogP contribution in [0, 0.1) is 6.92 Å². The van der Waals surface area contributed by atoms with Crippen molar-refractivity contribution in [3.63, 3.8) is 0 Å². The van der Waals surface area contributed by atoms with Crippen LogP contribution in [0.1, 0.15) is 5.56 Å². The van der Waals surface area contributed by atoms with E-state index in [9.17, 15) is 8.42 Å². The molecule has 1 saturated heterocycles. The van der Waals surface area contributed by atoms with Crippen LogP contribution >= 0.6 is 11.3 Å². The second-order valence-electron chi connectivity index (χ2n) is 5.01. The van der Waals surface area contributed by atoms with Crippen molar-refractivity contribution in [2.45, 2.75) is 17.9 Å². The average Bonchev–Trinajstić information content (AvgIpc) is 2.95. The Morgan fingerprint density at radius 3 is 2.77 bits per heavy atom. The summed E-state index contributed by atoms with van der Waals surface area (Å²) in [4.78, 5) is 4.23. The van der Waals surface area contributed by atoms with E-state index < -0.39 is 10.0 Å². The van der Waals surface area contributed by atoms with Crippen molar-refractivity contribution in [3.05, 3.63) is 35.3 Å². The fraction of sp³-hybridized carbons (Fsp3) is 0.357. The topological polar surface area (TPSA) is 68.7 Å². The van der Waals surface area contributed by atoms with Crippen molar-refractivity contribution in [1.82, 2.24) is 9.29 Å². The molecule has 1 aromatic carbocycles. The van der Waals surface area contributed by atoms with Crippen LogP contribution in [-0.2, 0) is 10.0 Å². The molecule has 22 heavy (non-hydrogen) atoms. The Labute approximate surface area is 133 Å². The Morgan fingerprint density at radius 1 is 1.36 bits per heavy atom. The molecule has 1 aromatic heterocycles. The van der Waals surface area contributed by atoms with Gasteiger partial charge in [0.15, 0.2) is 0 Å². The van der Waals surface area contributed by atoms with Crippen LogP contribution in [0.15, 0.2) is 34.7 Å². The van der Waals surface area contributed by atoms with E-state index in [1.807, 2.05) is 18.4 Å². The number of methoxy groups -OCH3 is 1. The Bertz CT molecular complexity index is 753. The quantitative estimate of drug-likeness (QED) is 0.832. The molecule has 1 aliphatic heterocycles. The Balaban J connectivity index is 1.74. The summed E-state index contributed by atoms with van der Waals surface area (Å²) in [5.41, 5.74) is 0.871. The Kier molecular flexibility index (Phi) is 4.07. The van der Waals surface area contributed by atoms with Gasteiger partial charge in [-0.1, -0.05) is 17.4 Å². The van der Waals surface area contributed by atoms with Crippen LogP contribution in [0.25, 0.3) is 0 Å². The maximum Gasteiger partial charge on any atom is 0.273 e. The lowest BCUT2D eigenvalue weighted by Crippen LogP contribution is -2.56. The van der Waals surface area contributed by atoms with Crippen LogP contribution in [0.3, 0.4) is 0 Å². The number of nitrogens with zero attached hydrogens (tertiary/aromatic N) is 2. The summed E-state index contributed by atoms with van der Waals surface area (Å²) in [7, 11) is -2.10. The lowest BCUT2D eigenvalue weighted by Gasteiger charge is -2.37. The summed E-state index contributed by atoms with van der Waals surface area (Å²) in [6.45, 7) is 2.49. The summed E-state index contributed by atoms with van der Waals surface area (Å²) < 4.78 is 37.5. The molecule has 0 amide bonds. The normalized spacial score (nSPS) is 16.3. The molecule has 0 spiro atoms. The molecule has 3 rings (SSSR count). The number of aromatic nitrogens is 1. The lowest BCUT2D eigenvalue weighted by atomic mass is 10.2. The zero-order chi connectivity index (χ0) is 15.7. The van der Waals surface area contributed by atoms with Crippen molar-refractivity contribution in [2.24, 2.45) is 0 Å². The number of aryl methyl sites for hydroxylation is 1. The van der Waals surface area contributed by atoms with Crippen LogP contribution < -0.4 is 9.47 Å². The third-order valence-corrected chi connectivity index (χ3v) is 5.94. The van der Waals surface area contributed by atoms with Crippen LogP contribution in [0.4, 0.5) is 0 Å². The van der Waals surface area contributed by atoms with Gasteiger partial charge in [-0.25, -0.2) is 13.4 Å². The molecule has 1 aliphatic rings. The van der Waals surface area contributed by atoms with Crippen molar-refractivity contribution >= 4 is 21.4 Å². The highest BCUT2D eigenvalue weighted by Crippen LogP contribution is 2.31. The van der Waals surface area contributed by atoms with Gasteiger partial charge in [-0.3, -0.25) is 0 Å². The molecule has 0 unspecified atom stereocenters. The predicted molar refractivity (Wildman–Crippen MR) is 83.0 cm³/mol. The molecular formula is C14H16N2O4S2. The minimum atomic E-state index is -3.57. The Hall–Kier alpha value is -1.64. The second kappa shape index (κ2) is 5.86. The molecule has 8 heteroatoms. The van der Waals surface area contributed by atoms with Crippen molar-refractivity contribution in [1.29, 1.82) is 0 Å². The highest BCUT2D eigenvalue weighted by atomic mass is 32.2. The minimum Gasteiger partial charge on any atom is -0.495 e. The summed E-state index contributed by atoms with van der Waals surface area (Å²) in [5.74, 6) is 0.356. The van der Waals surface area contributed by atoms with Gasteiger partial charge < -0.3 is 9.47 Å². The minimum absolute atomic E-state index is 0.156. The zero-order valence-electron chi connectivity index (χ0n) is 12.2. The second-order valence-corrected chi connectivity index (χ2v) is 7.78. The fourth-order valence-electron chi connectivity index (χ4n) is 2.21. The van der Waals surface area contributed by atoms with Crippen molar-refractivity contribution in [3.8, 4) is 10.9 Å². The van der Waals surface area contributed by atoms with Crippen LogP contribution in [0.2, 0.25) is 0 Å². The number of ether oxygens (including phenoxy) is 2. The first-order chi connectivity index (χ1) is 10.5. The summed E-state index contributed by atoms with van der Waals surface area (Å²) in [5, 5.41) is 2.38. The van der Waals surface area contributed by atoms with E-state index >= 15 is 0 Å². The molecule has 0 N–H and O–H groups in total. The average molecular weight is 340 g/mol. The van der Waals surface area contributed by atoms with Gasteiger partial charge in [-0.2, -0.15) is 4.31 Å². The molecule has 0 bridgehead atoms. The van der Waals surface area contributed by atoms with E-state index in [2.05, 4.69) is 4.98 Å². The van der Waals surface area contributed by atoms with Crippen molar-refractivity contribution in [2.75, 3.05) is 20.2 Å². The molecule has 2 aromatic rings. The summed E-state index contributed by atoms with van der Waals surface area (Å²) in [6, 6.07) is 5.12. The van der Waals surface area contributed by atoms with E-state index in [0.29, 0.717) is 24.0 Å². The first-order valence-electron chi connectivity index (χ1n) is 6.71. The molecular weight excluding hydrogens is 324 g/mol. The van der Waals surface area contributed by atoms with Gasteiger partial charge in [0.25, 0.3) is 5.19 Å². The maximum absolute atomic E-state index is 12.7. The molecule has 6 nitrogen and oxygen atoms in total. The number of hydrogen-bond donors (Lipinski definition) is 0. The van der Waals surface area contributed by atoms with E-state index in [1.165, 1.54) is 22.8 Å². The van der Waals surface area contributed by atoms with E-state index in [4.69, 9.17) is 9.47 Å². The first-order valence-corrected chi connectivity index (χ1v) is 9.03. The number of rotatable bonds is 5. The number of hydrogen-bond acceptors (Lipinski definition) is 6. The zero-order valence-corrected chi connectivity index (χ0v) is 13.9. The SMILES string of the molecule is COc1ccc(C)cc1S(=O)(=O)N1CC(Oc2nccs2)C1. The largest absolute Gasteiger partial charge is 0.495 e. The predicted octanol–water partition coefficient (Wildman–Crippen LogP) is 1.91. The van der Waals surface area contributed by atoms with Gasteiger partial charge in [0.1, 0.15) is 16.7 Å². The van der Waals surface area contributed by atoms with Gasteiger partial charge >= 0.3 is 0 Å².